The smallest absolute Gasteiger partial charge is 0.481 e. The Balaban J connectivity index is 0. The molecule has 0 aliphatic carbocycles. The zero-order valence-electron chi connectivity index (χ0n) is 10.4. The van der Waals surface area contributed by atoms with Gasteiger partial charge in [-0.2, -0.15) is 0 Å². The van der Waals surface area contributed by atoms with Gasteiger partial charge in [0, 0.05) is 5.48 Å². The number of aliphatic carboxylic acids is 3. The van der Waals surface area contributed by atoms with Crippen LogP contribution in [-0.4, -0.2) is 43.9 Å². The van der Waals surface area contributed by atoms with Crippen molar-refractivity contribution in [1.29, 1.82) is 0 Å². The van der Waals surface area contributed by atoms with E-state index < -0.39 is 36.3 Å². The van der Waals surface area contributed by atoms with E-state index in [2.05, 4.69) is 0 Å². The molecular weight excluding hydrogens is 240 g/mol. The van der Waals surface area contributed by atoms with Gasteiger partial charge < -0.3 is 20.4 Å². The first-order chi connectivity index (χ1) is 7.33. The molecule has 0 bridgehead atoms. The molecule has 0 aliphatic rings. The summed E-state index contributed by atoms with van der Waals surface area (Å²) in [5.74, 6) is -7.66. The molecule has 0 saturated carbocycles. The van der Waals surface area contributed by atoms with Crippen molar-refractivity contribution >= 4 is 17.9 Å². The molecule has 14 heavy (non-hydrogen) atoms. The second-order valence-corrected chi connectivity index (χ2v) is 1.88. The van der Waals surface area contributed by atoms with E-state index in [1.54, 1.807) is 0 Å². The van der Waals surface area contributed by atoms with Gasteiger partial charge >= 0.3 is 35.0 Å². The molecule has 1 radical (unpaired) electrons. The number of aliphatic hydroxyl groups is 1. The van der Waals surface area contributed by atoms with Gasteiger partial charge in [-0.1, -0.05) is 0 Å². The second kappa shape index (κ2) is 5.58. The summed E-state index contributed by atoms with van der Waals surface area (Å²) >= 11 is 0. The zero-order chi connectivity index (χ0) is 14.2. The third kappa shape index (κ3) is 4.80. The van der Waals surface area contributed by atoms with E-state index in [0.717, 1.165) is 0 Å². The molecule has 7 nitrogen and oxygen atoms in total. The minimum Gasteiger partial charge on any atom is -0.481 e. The predicted octanol–water partition coefficient (Wildman–Crippen LogP) is -1.25. The molecule has 0 fully saturated rings. The minimum atomic E-state index is -4.28. The number of hydrogen-bond donors (Lipinski definition) is 4. The first-order valence-corrected chi connectivity index (χ1v) is 2.76. The fourth-order valence-corrected chi connectivity index (χ4v) is 0.448. The van der Waals surface area contributed by atoms with Gasteiger partial charge in [0.15, 0.2) is 5.60 Å². The van der Waals surface area contributed by atoms with Crippen LogP contribution in [-0.2, 0) is 31.5 Å². The van der Waals surface area contributed by atoms with Crippen molar-refractivity contribution in [3.63, 3.8) is 0 Å². The van der Waals surface area contributed by atoms with Gasteiger partial charge in [-0.15, -0.1) is 0 Å². The fraction of sp³-hybridized carbons (Fsp3) is 0.500. The van der Waals surface area contributed by atoms with E-state index in [1.807, 2.05) is 0 Å². The van der Waals surface area contributed by atoms with Crippen LogP contribution in [0.15, 0.2) is 0 Å². The summed E-state index contributed by atoms with van der Waals surface area (Å²) in [6.45, 7) is 0. The van der Waals surface area contributed by atoms with E-state index in [-0.39, 0.29) is 17.1 Å². The number of carboxylic acid groups (broad SMARTS) is 3. The Morgan fingerprint density at radius 1 is 1.07 bits per heavy atom. The number of carbonyl (C=O) groups is 3. The third-order valence-corrected chi connectivity index (χ3v) is 0.885. The van der Waals surface area contributed by atoms with Crippen LogP contribution >= 0.6 is 0 Å². The van der Waals surface area contributed by atoms with Crippen LogP contribution in [0.3, 0.4) is 0 Å². The summed E-state index contributed by atoms with van der Waals surface area (Å²) in [6, 6.07) is 0. The van der Waals surface area contributed by atoms with Gasteiger partial charge in [-0.3, -0.25) is 9.59 Å². The van der Waals surface area contributed by atoms with Crippen LogP contribution in [0.4, 0.5) is 0 Å². The van der Waals surface area contributed by atoms with Crippen molar-refractivity contribution < 1.29 is 57.4 Å². The molecule has 8 heteroatoms. The first-order valence-electron chi connectivity index (χ1n) is 4.76. The molecule has 0 aromatic rings. The predicted molar refractivity (Wildman–Crippen MR) is 37.1 cm³/mol. The van der Waals surface area contributed by atoms with Crippen LogP contribution in [0, 0.1) is 0 Å². The zero-order valence-corrected chi connectivity index (χ0v) is 7.47. The third-order valence-electron chi connectivity index (χ3n) is 0.885. The van der Waals surface area contributed by atoms with Gasteiger partial charge in [0.25, 0.3) is 0 Å². The second-order valence-electron chi connectivity index (χ2n) is 1.88. The Bertz CT molecular complexity index is 356. The number of hydrogen-bond acceptors (Lipinski definition) is 4. The maximum atomic E-state index is 10.7. The van der Waals surface area contributed by atoms with E-state index in [9.17, 15) is 19.5 Å². The molecule has 0 aromatic heterocycles. The van der Waals surface area contributed by atoms with Gasteiger partial charge in [0.1, 0.15) is 0 Å². The minimum absolute atomic E-state index is 0. The quantitative estimate of drug-likeness (QED) is 0.449. The Kier molecular flexibility index (Phi) is 3.28. The van der Waals surface area contributed by atoms with Crippen molar-refractivity contribution in [3.05, 3.63) is 0 Å². The van der Waals surface area contributed by atoms with Gasteiger partial charge in [-0.05, 0) is 0 Å². The van der Waals surface area contributed by atoms with Crippen LogP contribution in [0.5, 0.6) is 0 Å². The van der Waals surface area contributed by atoms with E-state index in [1.165, 1.54) is 0 Å². The summed E-state index contributed by atoms with van der Waals surface area (Å²) in [4.78, 5) is 31.6. The van der Waals surface area contributed by atoms with Gasteiger partial charge in [0.05, 0.1) is 12.7 Å². The summed E-state index contributed by atoms with van der Waals surface area (Å²) < 4.78 is 27.4. The molecule has 0 aliphatic heterocycles. The van der Waals surface area contributed by atoms with Gasteiger partial charge in [-0.25, -0.2) is 4.79 Å². The van der Waals surface area contributed by atoms with Crippen LogP contribution < -0.4 is 0 Å². The van der Waals surface area contributed by atoms with Crippen molar-refractivity contribution in [3.8, 4) is 0 Å². The summed E-state index contributed by atoms with van der Waals surface area (Å²) in [6.07, 6.45) is -8.08. The molecule has 0 unspecified atom stereocenters. The fourth-order valence-electron chi connectivity index (χ4n) is 0.448. The Morgan fingerprint density at radius 3 is 1.50 bits per heavy atom. The summed E-state index contributed by atoms with van der Waals surface area (Å²) in [5.41, 5.74) is -4.28. The van der Waals surface area contributed by atoms with E-state index >= 15 is 0 Å². The summed E-state index contributed by atoms with van der Waals surface area (Å²) in [7, 11) is 0. The van der Waals surface area contributed by atoms with Gasteiger partial charge in [0.2, 0.25) is 0 Å². The van der Waals surface area contributed by atoms with Crippen LogP contribution in [0.1, 0.15) is 18.2 Å². The normalized spacial score (nSPS) is 16.4. The number of rotatable bonds is 5. The molecule has 0 spiro atoms. The molecule has 0 atom stereocenters. The van der Waals surface area contributed by atoms with Crippen LogP contribution in [0.25, 0.3) is 0 Å². The van der Waals surface area contributed by atoms with Crippen molar-refractivity contribution in [2.75, 3.05) is 0 Å². The average Bonchev–Trinajstić information content (AvgIpc) is 2.14. The Morgan fingerprint density at radius 2 is 1.36 bits per heavy atom. The van der Waals surface area contributed by atoms with Crippen molar-refractivity contribution in [2.24, 2.45) is 0 Å². The largest absolute Gasteiger partial charge is 3.00 e. The maximum absolute atomic E-state index is 10.7. The molecule has 4 N–H and O–H groups in total. The molecular formula is C6H8FeO7+3. The maximum Gasteiger partial charge on any atom is 3.00 e. The molecule has 79 valence electrons. The van der Waals surface area contributed by atoms with Crippen molar-refractivity contribution in [1.82, 2.24) is 0 Å². The monoisotopic (exact) mass is 252 g/mol. The SMILES string of the molecule is [2H]C([2H])(C(=O)O)C(O)(C(=O)O)C([2H])([2H])C(=O)O.[Fe+3]. The van der Waals surface area contributed by atoms with Crippen LogP contribution in [0.2, 0.25) is 0 Å². The topological polar surface area (TPSA) is 132 Å². The molecule has 0 amide bonds. The molecule has 0 aromatic carbocycles. The molecule has 0 saturated heterocycles. The summed E-state index contributed by atoms with van der Waals surface area (Å²) in [5, 5.41) is 34.7. The van der Waals surface area contributed by atoms with E-state index in [0.29, 0.717) is 0 Å². The number of carboxylic acids is 3. The Labute approximate surface area is 94.4 Å². The molecule has 0 rings (SSSR count). The molecule has 0 heterocycles. The first kappa shape index (κ1) is 8.22. The van der Waals surface area contributed by atoms with E-state index in [4.69, 9.17) is 20.8 Å². The Hall–Kier alpha value is -1.11. The standard InChI is InChI=1S/C6H8O7.Fe/c7-3(8)1-6(13,5(11)12)2-4(9)10;/h13H,1-2H2,(H,7,8)(H,9,10)(H,11,12);/q;+3/i1D2,2D2;. The van der Waals surface area contributed by atoms with Crippen molar-refractivity contribution in [2.45, 2.75) is 18.3 Å². The average molecular weight is 252 g/mol.